The molecule has 0 spiro atoms. The van der Waals surface area contributed by atoms with Gasteiger partial charge in [-0.2, -0.15) is 0 Å². The lowest BCUT2D eigenvalue weighted by atomic mass is 10.00. The summed E-state index contributed by atoms with van der Waals surface area (Å²) in [6.07, 6.45) is 0.665. The number of halogens is 1. The lowest BCUT2D eigenvalue weighted by Crippen LogP contribution is -2.13. The highest BCUT2D eigenvalue weighted by molar-refractivity contribution is 7.85. The molecule has 3 rings (SSSR count). The molecule has 0 fully saturated rings. The molecule has 0 saturated carbocycles. The van der Waals surface area contributed by atoms with Gasteiger partial charge in [0.15, 0.2) is 0 Å². The van der Waals surface area contributed by atoms with Crippen LogP contribution in [0.1, 0.15) is 17.2 Å². The van der Waals surface area contributed by atoms with Crippen LogP contribution >= 0.6 is 11.6 Å². The second kappa shape index (κ2) is 4.50. The van der Waals surface area contributed by atoms with Gasteiger partial charge in [0.2, 0.25) is 0 Å². The van der Waals surface area contributed by atoms with Crippen LogP contribution in [0.4, 0.5) is 0 Å². The second-order valence-electron chi connectivity index (χ2n) is 4.37. The fourth-order valence-corrected chi connectivity index (χ4v) is 3.95. The number of benzene rings is 2. The first-order valence-electron chi connectivity index (χ1n) is 5.71. The molecule has 0 aliphatic carbocycles. The Kier molecular flexibility index (Phi) is 2.98. The topological polar surface area (TPSA) is 43.1 Å². The molecule has 2 N–H and O–H groups in total. The molecule has 0 radical (unpaired) electrons. The van der Waals surface area contributed by atoms with E-state index in [4.69, 9.17) is 17.3 Å². The summed E-state index contributed by atoms with van der Waals surface area (Å²) in [6.45, 7) is 0. The van der Waals surface area contributed by atoms with Crippen molar-refractivity contribution in [3.05, 3.63) is 58.6 Å². The Morgan fingerprint density at radius 3 is 2.78 bits per heavy atom. The molecule has 92 valence electrons. The molecule has 2 aromatic carbocycles. The molecule has 0 bridgehead atoms. The van der Waals surface area contributed by atoms with E-state index in [0.29, 0.717) is 11.4 Å². The van der Waals surface area contributed by atoms with Crippen LogP contribution in [0.25, 0.3) is 0 Å². The maximum absolute atomic E-state index is 12.6. The van der Waals surface area contributed by atoms with E-state index in [1.54, 1.807) is 6.07 Å². The molecular formula is C14H12ClNOS. The van der Waals surface area contributed by atoms with E-state index in [2.05, 4.69) is 0 Å². The Morgan fingerprint density at radius 2 is 1.94 bits per heavy atom. The number of fused-ring (bicyclic) bond motifs is 2. The summed E-state index contributed by atoms with van der Waals surface area (Å²) in [5.74, 6) is 0. The van der Waals surface area contributed by atoms with Crippen LogP contribution in [0.2, 0.25) is 5.02 Å². The van der Waals surface area contributed by atoms with Crippen molar-refractivity contribution in [2.75, 3.05) is 0 Å². The number of hydrogen-bond acceptors (Lipinski definition) is 2. The first kappa shape index (κ1) is 11.9. The number of nitrogens with two attached hydrogens (primary N) is 1. The lowest BCUT2D eigenvalue weighted by Gasteiger charge is -2.11. The van der Waals surface area contributed by atoms with Crippen molar-refractivity contribution in [3.63, 3.8) is 0 Å². The molecule has 2 atom stereocenters. The summed E-state index contributed by atoms with van der Waals surface area (Å²) in [6, 6.07) is 13.0. The van der Waals surface area contributed by atoms with Crippen molar-refractivity contribution < 1.29 is 4.21 Å². The molecule has 0 amide bonds. The predicted octanol–water partition coefficient (Wildman–Crippen LogP) is 3.06. The molecule has 1 aliphatic rings. The highest BCUT2D eigenvalue weighted by Gasteiger charge is 2.24. The molecule has 18 heavy (non-hydrogen) atoms. The average molecular weight is 278 g/mol. The van der Waals surface area contributed by atoms with Gasteiger partial charge in [0.25, 0.3) is 0 Å². The highest BCUT2D eigenvalue weighted by atomic mass is 35.5. The van der Waals surface area contributed by atoms with Gasteiger partial charge < -0.3 is 5.73 Å². The molecule has 0 saturated heterocycles. The van der Waals surface area contributed by atoms with E-state index in [-0.39, 0.29) is 6.04 Å². The number of rotatable bonds is 0. The van der Waals surface area contributed by atoms with Gasteiger partial charge in [0.1, 0.15) is 0 Å². The smallest absolute Gasteiger partial charge is 0.0855 e. The van der Waals surface area contributed by atoms with Crippen molar-refractivity contribution >= 4 is 22.4 Å². The van der Waals surface area contributed by atoms with Crippen LogP contribution in [0, 0.1) is 0 Å². The monoisotopic (exact) mass is 277 g/mol. The van der Waals surface area contributed by atoms with Crippen LogP contribution < -0.4 is 5.73 Å². The van der Waals surface area contributed by atoms with Crippen molar-refractivity contribution in [2.24, 2.45) is 5.73 Å². The van der Waals surface area contributed by atoms with Gasteiger partial charge in [0.05, 0.1) is 10.8 Å². The van der Waals surface area contributed by atoms with Crippen molar-refractivity contribution in [2.45, 2.75) is 22.3 Å². The molecule has 1 heterocycles. The van der Waals surface area contributed by atoms with Crippen LogP contribution in [-0.2, 0) is 17.2 Å². The minimum Gasteiger partial charge on any atom is -0.324 e. The molecule has 4 heteroatoms. The molecule has 0 unspecified atom stereocenters. The SMILES string of the molecule is N[C@@H]1Cc2cc(Cl)ccc2[S@](=O)c2ccccc21. The Hall–Kier alpha value is -1.16. The van der Waals surface area contributed by atoms with Crippen LogP contribution in [0.3, 0.4) is 0 Å². The van der Waals surface area contributed by atoms with E-state index in [1.807, 2.05) is 36.4 Å². The zero-order valence-corrected chi connectivity index (χ0v) is 11.2. The summed E-state index contributed by atoms with van der Waals surface area (Å²) in [4.78, 5) is 1.63. The Balaban J connectivity index is 2.25. The van der Waals surface area contributed by atoms with Gasteiger partial charge in [-0.05, 0) is 41.8 Å². The lowest BCUT2D eigenvalue weighted by molar-refractivity contribution is 0.682. The first-order valence-corrected chi connectivity index (χ1v) is 7.24. The predicted molar refractivity (Wildman–Crippen MR) is 73.2 cm³/mol. The third kappa shape index (κ3) is 1.88. The highest BCUT2D eigenvalue weighted by Crippen LogP contribution is 2.33. The minimum absolute atomic E-state index is 0.134. The molecule has 0 aromatic heterocycles. The van der Waals surface area contributed by atoms with Gasteiger partial charge in [-0.3, -0.25) is 0 Å². The third-order valence-corrected chi connectivity index (χ3v) is 4.98. The fourth-order valence-electron chi connectivity index (χ4n) is 2.31. The van der Waals surface area contributed by atoms with Crippen molar-refractivity contribution in [3.8, 4) is 0 Å². The maximum atomic E-state index is 12.6. The molecule has 1 aliphatic heterocycles. The van der Waals surface area contributed by atoms with Crippen LogP contribution in [0.5, 0.6) is 0 Å². The van der Waals surface area contributed by atoms with Crippen molar-refractivity contribution in [1.29, 1.82) is 0 Å². The largest absolute Gasteiger partial charge is 0.324 e. The van der Waals surface area contributed by atoms with E-state index in [9.17, 15) is 4.21 Å². The van der Waals surface area contributed by atoms with E-state index < -0.39 is 10.8 Å². The van der Waals surface area contributed by atoms with E-state index >= 15 is 0 Å². The summed E-state index contributed by atoms with van der Waals surface area (Å²) >= 11 is 6.00. The first-order chi connectivity index (χ1) is 8.66. The number of hydrogen-bond donors (Lipinski definition) is 1. The van der Waals surface area contributed by atoms with Crippen LogP contribution in [-0.4, -0.2) is 4.21 Å². The minimum atomic E-state index is -1.18. The quantitative estimate of drug-likeness (QED) is 0.804. The third-order valence-electron chi connectivity index (χ3n) is 3.18. The van der Waals surface area contributed by atoms with E-state index in [1.165, 1.54) is 0 Å². The molecule has 2 nitrogen and oxygen atoms in total. The summed E-state index contributed by atoms with van der Waals surface area (Å²) in [5.41, 5.74) is 8.13. The summed E-state index contributed by atoms with van der Waals surface area (Å²) in [7, 11) is -1.18. The Labute approximate surface area is 113 Å². The molecular weight excluding hydrogens is 266 g/mol. The van der Waals surface area contributed by atoms with E-state index in [0.717, 1.165) is 20.9 Å². The standard InChI is InChI=1S/C14H12ClNOS/c15-10-5-6-13-9(7-10)8-12(16)11-3-1-2-4-14(11)18(13)17/h1-7,12H,8,16H2/t12-,18+/m1/s1. The summed E-state index contributed by atoms with van der Waals surface area (Å²) < 4.78 is 12.6. The summed E-state index contributed by atoms with van der Waals surface area (Å²) in [5, 5.41) is 0.656. The second-order valence-corrected chi connectivity index (χ2v) is 6.22. The van der Waals surface area contributed by atoms with Gasteiger partial charge in [-0.15, -0.1) is 0 Å². The Bertz CT molecular complexity index is 641. The van der Waals surface area contributed by atoms with Crippen molar-refractivity contribution in [1.82, 2.24) is 0 Å². The fraction of sp³-hybridized carbons (Fsp3) is 0.143. The van der Waals surface area contributed by atoms with Gasteiger partial charge in [-0.1, -0.05) is 29.8 Å². The normalized spacial score (nSPS) is 21.9. The zero-order chi connectivity index (χ0) is 12.7. The van der Waals surface area contributed by atoms with Crippen LogP contribution in [0.15, 0.2) is 52.3 Å². The zero-order valence-electron chi connectivity index (χ0n) is 9.60. The van der Waals surface area contributed by atoms with Gasteiger partial charge in [-0.25, -0.2) is 4.21 Å². The Morgan fingerprint density at radius 1 is 1.17 bits per heavy atom. The van der Waals surface area contributed by atoms with Gasteiger partial charge in [0, 0.05) is 20.9 Å². The maximum Gasteiger partial charge on any atom is 0.0855 e. The average Bonchev–Trinajstić information content (AvgIpc) is 2.47. The molecule has 2 aromatic rings. The van der Waals surface area contributed by atoms with Gasteiger partial charge >= 0.3 is 0 Å².